The molecule has 7 rings (SSSR count). The summed E-state index contributed by atoms with van der Waals surface area (Å²) in [4.78, 5) is 38.5. The predicted molar refractivity (Wildman–Crippen MR) is 140 cm³/mol. The number of esters is 2. The summed E-state index contributed by atoms with van der Waals surface area (Å²) >= 11 is 0. The van der Waals surface area contributed by atoms with Gasteiger partial charge in [0.2, 0.25) is 0 Å². The van der Waals surface area contributed by atoms with E-state index in [0.29, 0.717) is 24.2 Å². The third kappa shape index (κ3) is 2.85. The molecule has 2 heterocycles. The second-order valence-electron chi connectivity index (χ2n) is 15.7. The SMILES string of the molecule is CC(=O)O[C@H]1CC[C@@]2(C)[C@H]3CC[C@H]4[C@@H]5[C@@H](C)[C@@]6(C)OC(=O)[C@]5(CC[C@@]4(C)[C@@]3(C)CC[C@H]2C1(C)C)CC6=O. The molecule has 0 radical (unpaired) electrons. The summed E-state index contributed by atoms with van der Waals surface area (Å²) in [6, 6.07) is 0. The molecular weight excluding hydrogens is 464 g/mol. The van der Waals surface area contributed by atoms with Gasteiger partial charge < -0.3 is 9.47 Å². The molecule has 206 valence electrons. The minimum atomic E-state index is -0.956. The highest BCUT2D eigenvalue weighted by Crippen LogP contribution is 2.78. The number of rotatable bonds is 1. The highest BCUT2D eigenvalue weighted by molar-refractivity contribution is 6.00. The average Bonchev–Trinajstić information content (AvgIpc) is 2.79. The Morgan fingerprint density at radius 3 is 2.24 bits per heavy atom. The molecule has 0 amide bonds. The largest absolute Gasteiger partial charge is 0.462 e. The van der Waals surface area contributed by atoms with Crippen LogP contribution in [0.4, 0.5) is 0 Å². The van der Waals surface area contributed by atoms with E-state index < -0.39 is 11.0 Å². The molecule has 5 saturated carbocycles. The van der Waals surface area contributed by atoms with Gasteiger partial charge in [0, 0.05) is 24.7 Å². The van der Waals surface area contributed by atoms with Gasteiger partial charge in [0.15, 0.2) is 11.4 Å². The summed E-state index contributed by atoms with van der Waals surface area (Å²) in [5.41, 5.74) is -1.05. The van der Waals surface area contributed by atoms with Crippen molar-refractivity contribution in [1.29, 1.82) is 0 Å². The zero-order valence-corrected chi connectivity index (χ0v) is 24.4. The van der Waals surface area contributed by atoms with E-state index in [1.807, 2.05) is 6.92 Å². The van der Waals surface area contributed by atoms with E-state index in [1.165, 1.54) is 19.3 Å². The minimum Gasteiger partial charge on any atom is -0.462 e. The molecule has 7 aliphatic rings. The summed E-state index contributed by atoms with van der Waals surface area (Å²) in [6.45, 7) is 18.0. The first-order valence-electron chi connectivity index (χ1n) is 15.0. The lowest BCUT2D eigenvalue weighted by Gasteiger charge is -2.74. The smallest absolute Gasteiger partial charge is 0.313 e. The number of ketones is 1. The van der Waals surface area contributed by atoms with Crippen LogP contribution in [0.5, 0.6) is 0 Å². The Morgan fingerprint density at radius 1 is 0.865 bits per heavy atom. The summed E-state index contributed by atoms with van der Waals surface area (Å²) in [5.74, 6) is 1.79. The van der Waals surface area contributed by atoms with Gasteiger partial charge in [-0.1, -0.05) is 41.5 Å². The van der Waals surface area contributed by atoms with Gasteiger partial charge in [0.05, 0.1) is 5.41 Å². The van der Waals surface area contributed by atoms with Crippen LogP contribution in [0.3, 0.4) is 0 Å². The predicted octanol–water partition coefficient (Wildman–Crippen LogP) is 6.51. The molecule has 2 saturated heterocycles. The molecule has 2 bridgehead atoms. The van der Waals surface area contributed by atoms with Crippen LogP contribution < -0.4 is 0 Å². The van der Waals surface area contributed by atoms with Gasteiger partial charge in [-0.25, -0.2) is 0 Å². The summed E-state index contributed by atoms with van der Waals surface area (Å²) in [5, 5.41) is 0. The Kier molecular flexibility index (Phi) is 5.18. The van der Waals surface area contributed by atoms with E-state index in [2.05, 4.69) is 41.5 Å². The monoisotopic (exact) mass is 512 g/mol. The average molecular weight is 513 g/mol. The van der Waals surface area contributed by atoms with E-state index in [0.717, 1.165) is 32.1 Å². The van der Waals surface area contributed by atoms with Crippen LogP contribution in [-0.4, -0.2) is 29.4 Å². The zero-order valence-electron chi connectivity index (χ0n) is 24.4. The molecule has 5 heteroatoms. The zero-order chi connectivity index (χ0) is 27.0. The van der Waals surface area contributed by atoms with Crippen LogP contribution in [0, 0.1) is 56.7 Å². The summed E-state index contributed by atoms with van der Waals surface area (Å²) in [7, 11) is 0. The molecule has 0 aromatic rings. The minimum absolute atomic E-state index is 0.00294. The Labute approximate surface area is 223 Å². The normalized spacial score (nSPS) is 55.8. The van der Waals surface area contributed by atoms with Crippen molar-refractivity contribution < 1.29 is 23.9 Å². The van der Waals surface area contributed by atoms with Gasteiger partial charge in [-0.2, -0.15) is 0 Å². The Bertz CT molecular complexity index is 1060. The quantitative estimate of drug-likeness (QED) is 0.374. The molecule has 0 aromatic heterocycles. The topological polar surface area (TPSA) is 69.7 Å². The second kappa shape index (κ2) is 7.42. The number of hydrogen-bond donors (Lipinski definition) is 0. The molecule has 2 aliphatic heterocycles. The number of fused-ring (bicyclic) bond motifs is 7. The lowest BCUT2D eigenvalue weighted by Crippen LogP contribution is -2.74. The first-order chi connectivity index (χ1) is 17.1. The Morgan fingerprint density at radius 2 is 1.57 bits per heavy atom. The molecule has 7 fully saturated rings. The molecule has 37 heavy (non-hydrogen) atoms. The fourth-order valence-electron chi connectivity index (χ4n) is 12.3. The van der Waals surface area contributed by atoms with Gasteiger partial charge >= 0.3 is 11.9 Å². The molecule has 5 nitrogen and oxygen atoms in total. The first kappa shape index (κ1) is 25.9. The molecule has 0 unspecified atom stereocenters. The number of Topliss-reactive ketones (excluding diaryl/α,β-unsaturated/α-hetero) is 1. The van der Waals surface area contributed by atoms with E-state index >= 15 is 0 Å². The van der Waals surface area contributed by atoms with Crippen LogP contribution in [0.15, 0.2) is 0 Å². The second-order valence-corrected chi connectivity index (χ2v) is 15.7. The van der Waals surface area contributed by atoms with Gasteiger partial charge in [-0.05, 0) is 98.2 Å². The maximum Gasteiger partial charge on any atom is 0.313 e. The highest BCUT2D eigenvalue weighted by Gasteiger charge is 2.76. The van der Waals surface area contributed by atoms with E-state index in [-0.39, 0.29) is 57.3 Å². The lowest BCUT2D eigenvalue weighted by molar-refractivity contribution is -0.281. The van der Waals surface area contributed by atoms with Crippen molar-refractivity contribution in [3.8, 4) is 0 Å². The van der Waals surface area contributed by atoms with Crippen LogP contribution >= 0.6 is 0 Å². The third-order valence-corrected chi connectivity index (χ3v) is 14.5. The van der Waals surface area contributed by atoms with Gasteiger partial charge in [0.25, 0.3) is 0 Å². The van der Waals surface area contributed by atoms with Crippen LogP contribution in [-0.2, 0) is 23.9 Å². The lowest BCUT2D eigenvalue weighted by atomic mass is 9.30. The van der Waals surface area contributed by atoms with Crippen molar-refractivity contribution in [1.82, 2.24) is 0 Å². The molecule has 5 aliphatic carbocycles. The third-order valence-electron chi connectivity index (χ3n) is 14.5. The standard InChI is InChI=1S/C32H48O5/c1-18-25-20-9-10-22-28(5)13-12-24(36-19(2)33)27(3,4)21(28)11-14-30(22,7)29(20,6)15-16-32(25)17-23(34)31(18,8)37-26(32)35/h18,20-22,24-25H,9-17H2,1-8H3/t18-,20+,21+,22-,24+,25+,28-,29-,30+,31-,32-/m1/s1. The van der Waals surface area contributed by atoms with Crippen molar-refractivity contribution in [3.05, 3.63) is 0 Å². The highest BCUT2D eigenvalue weighted by atomic mass is 16.6. The van der Waals surface area contributed by atoms with Crippen LogP contribution in [0.1, 0.15) is 113 Å². The Balaban J connectivity index is 1.37. The van der Waals surface area contributed by atoms with E-state index in [1.54, 1.807) is 6.92 Å². The van der Waals surface area contributed by atoms with Gasteiger partial charge in [-0.3, -0.25) is 14.4 Å². The first-order valence-corrected chi connectivity index (χ1v) is 15.0. The number of hydrogen-bond acceptors (Lipinski definition) is 5. The molecule has 1 spiro atoms. The van der Waals surface area contributed by atoms with E-state index in [4.69, 9.17) is 9.47 Å². The number of ether oxygens (including phenoxy) is 2. The van der Waals surface area contributed by atoms with Crippen molar-refractivity contribution in [2.24, 2.45) is 56.7 Å². The van der Waals surface area contributed by atoms with E-state index in [9.17, 15) is 14.4 Å². The van der Waals surface area contributed by atoms with Crippen molar-refractivity contribution in [3.63, 3.8) is 0 Å². The summed E-state index contributed by atoms with van der Waals surface area (Å²) in [6.07, 6.45) is 8.93. The van der Waals surface area contributed by atoms with Gasteiger partial charge in [-0.15, -0.1) is 0 Å². The fourth-order valence-corrected chi connectivity index (χ4v) is 12.3. The summed E-state index contributed by atoms with van der Waals surface area (Å²) < 4.78 is 11.8. The fraction of sp³-hybridized carbons (Fsp3) is 0.906. The maximum absolute atomic E-state index is 13.5. The maximum atomic E-state index is 13.5. The molecule has 0 aromatic carbocycles. The number of carbonyl (C=O) groups excluding carboxylic acids is 3. The van der Waals surface area contributed by atoms with Crippen molar-refractivity contribution in [2.75, 3.05) is 0 Å². The molecule has 11 atom stereocenters. The molecular formula is C32H48O5. The van der Waals surface area contributed by atoms with Crippen molar-refractivity contribution in [2.45, 2.75) is 125 Å². The van der Waals surface area contributed by atoms with Crippen LogP contribution in [0.2, 0.25) is 0 Å². The Hall–Kier alpha value is -1.39. The molecule has 0 N–H and O–H groups in total. The number of carbonyl (C=O) groups is 3. The van der Waals surface area contributed by atoms with Gasteiger partial charge in [0.1, 0.15) is 6.10 Å². The van der Waals surface area contributed by atoms with Crippen molar-refractivity contribution >= 4 is 17.7 Å². The van der Waals surface area contributed by atoms with Crippen LogP contribution in [0.25, 0.3) is 0 Å².